The number of halogens is 3. The number of nitrogens with zero attached hydrogens (tertiary/aromatic N) is 2. The molecule has 0 spiro atoms. The predicted molar refractivity (Wildman–Crippen MR) is 68.4 cm³/mol. The van der Waals surface area contributed by atoms with Crippen LogP contribution in [0.2, 0.25) is 0 Å². The Bertz CT molecular complexity index is 511. The van der Waals surface area contributed by atoms with Crippen molar-refractivity contribution in [3.05, 3.63) is 39.4 Å². The molecule has 8 heteroatoms. The molecule has 104 valence electrons. The molecule has 0 bridgehead atoms. The van der Waals surface area contributed by atoms with Gasteiger partial charge in [0, 0.05) is 25.0 Å². The van der Waals surface area contributed by atoms with Gasteiger partial charge in [0.2, 0.25) is 5.82 Å². The fraction of sp³-hybridized carbons (Fsp3) is 0.364. The van der Waals surface area contributed by atoms with Crippen LogP contribution in [0.15, 0.2) is 12.1 Å². The largest absolute Gasteiger partial charge is 0.341 e. The molecule has 0 N–H and O–H groups in total. The summed E-state index contributed by atoms with van der Waals surface area (Å²) in [6.45, 7) is 0.283. The number of nitro groups is 1. The van der Waals surface area contributed by atoms with E-state index in [1.807, 2.05) is 0 Å². The summed E-state index contributed by atoms with van der Waals surface area (Å²) in [6.07, 6.45) is 0.598. The fourth-order valence-corrected chi connectivity index (χ4v) is 1.72. The Labute approximate surface area is 116 Å². The van der Waals surface area contributed by atoms with Crippen molar-refractivity contribution < 1.29 is 18.5 Å². The minimum atomic E-state index is -1.44. The summed E-state index contributed by atoms with van der Waals surface area (Å²) in [5, 5.41) is 11.2. The van der Waals surface area contributed by atoms with E-state index in [9.17, 15) is 23.7 Å². The maximum Gasteiger partial charge on any atom is 0.305 e. The maximum atomic E-state index is 13.8. The number of rotatable bonds is 5. The summed E-state index contributed by atoms with van der Waals surface area (Å²) in [7, 11) is 1.38. The monoisotopic (exact) mass is 336 g/mol. The molecule has 0 aliphatic carbocycles. The van der Waals surface area contributed by atoms with E-state index in [4.69, 9.17) is 0 Å². The topological polar surface area (TPSA) is 63.5 Å². The molecule has 1 aromatic rings. The van der Waals surface area contributed by atoms with Crippen LogP contribution in [0, 0.1) is 21.7 Å². The number of hydrogen-bond donors (Lipinski definition) is 0. The van der Waals surface area contributed by atoms with E-state index < -0.39 is 33.7 Å². The Balaban J connectivity index is 3.15. The van der Waals surface area contributed by atoms with Crippen LogP contribution < -0.4 is 0 Å². The highest BCUT2D eigenvalue weighted by Gasteiger charge is 2.27. The third-order valence-electron chi connectivity index (χ3n) is 2.46. The quantitative estimate of drug-likeness (QED) is 0.471. The molecule has 0 aliphatic heterocycles. The van der Waals surface area contributed by atoms with E-state index >= 15 is 0 Å². The van der Waals surface area contributed by atoms with Crippen molar-refractivity contribution in [2.24, 2.45) is 0 Å². The Morgan fingerprint density at radius 2 is 2.11 bits per heavy atom. The third kappa shape index (κ3) is 3.46. The van der Waals surface area contributed by atoms with Gasteiger partial charge in [0.1, 0.15) is 11.4 Å². The smallest absolute Gasteiger partial charge is 0.305 e. The first-order valence-corrected chi connectivity index (χ1v) is 6.46. The maximum absolute atomic E-state index is 13.8. The average Bonchev–Trinajstić information content (AvgIpc) is 2.35. The van der Waals surface area contributed by atoms with E-state index in [-0.39, 0.29) is 6.54 Å². The van der Waals surface area contributed by atoms with Gasteiger partial charge in [-0.15, -0.1) is 0 Å². The Hall–Kier alpha value is -1.57. The Kier molecular flexibility index (Phi) is 5.34. The fourth-order valence-electron chi connectivity index (χ4n) is 1.47. The second kappa shape index (κ2) is 6.55. The zero-order valence-corrected chi connectivity index (χ0v) is 11.6. The number of amides is 1. The summed E-state index contributed by atoms with van der Waals surface area (Å²) in [5.41, 5.74) is -1.81. The molecular formula is C11H11BrF2N2O3. The summed E-state index contributed by atoms with van der Waals surface area (Å²) in [4.78, 5) is 22.6. The highest BCUT2D eigenvalue weighted by atomic mass is 79.9. The van der Waals surface area contributed by atoms with E-state index in [1.165, 1.54) is 7.05 Å². The molecule has 0 saturated heterocycles. The van der Waals surface area contributed by atoms with E-state index in [1.54, 1.807) is 0 Å². The molecule has 0 heterocycles. The SMILES string of the molecule is CN(CCCBr)C(=O)c1c(F)ccc([N+](=O)[O-])c1F. The van der Waals surface area contributed by atoms with Gasteiger partial charge in [0.05, 0.1) is 4.92 Å². The van der Waals surface area contributed by atoms with Gasteiger partial charge in [-0.3, -0.25) is 14.9 Å². The lowest BCUT2D eigenvalue weighted by Gasteiger charge is -2.17. The molecule has 0 radical (unpaired) electrons. The molecule has 0 saturated carbocycles. The summed E-state index contributed by atoms with van der Waals surface area (Å²) < 4.78 is 27.3. The van der Waals surface area contributed by atoms with Crippen molar-refractivity contribution in [1.29, 1.82) is 0 Å². The lowest BCUT2D eigenvalue weighted by molar-refractivity contribution is -0.387. The van der Waals surface area contributed by atoms with E-state index in [2.05, 4.69) is 15.9 Å². The Morgan fingerprint density at radius 3 is 2.63 bits per heavy atom. The number of benzene rings is 1. The molecule has 0 aromatic heterocycles. The highest BCUT2D eigenvalue weighted by molar-refractivity contribution is 9.09. The van der Waals surface area contributed by atoms with Gasteiger partial charge < -0.3 is 4.90 Å². The molecule has 0 fully saturated rings. The van der Waals surface area contributed by atoms with Gasteiger partial charge in [-0.1, -0.05) is 15.9 Å². The standard InChI is InChI=1S/C11H11BrF2N2O3/c1-15(6-2-5-12)11(17)9-7(13)3-4-8(10(9)14)16(18)19/h3-4H,2,5-6H2,1H3. The molecule has 5 nitrogen and oxygen atoms in total. The van der Waals surface area contributed by atoms with Crippen LogP contribution in [0.5, 0.6) is 0 Å². The van der Waals surface area contributed by atoms with Crippen LogP contribution in [-0.4, -0.2) is 34.7 Å². The second-order valence-electron chi connectivity index (χ2n) is 3.78. The third-order valence-corrected chi connectivity index (χ3v) is 3.02. The second-order valence-corrected chi connectivity index (χ2v) is 4.57. The normalized spacial score (nSPS) is 10.3. The van der Waals surface area contributed by atoms with Crippen molar-refractivity contribution in [2.45, 2.75) is 6.42 Å². The van der Waals surface area contributed by atoms with E-state index in [0.29, 0.717) is 23.9 Å². The minimum Gasteiger partial charge on any atom is -0.341 e. The van der Waals surface area contributed by atoms with Gasteiger partial charge in [-0.25, -0.2) is 4.39 Å². The lowest BCUT2D eigenvalue weighted by Crippen LogP contribution is -2.29. The number of hydrogen-bond acceptors (Lipinski definition) is 3. The Morgan fingerprint density at radius 1 is 1.47 bits per heavy atom. The molecule has 1 aromatic carbocycles. The van der Waals surface area contributed by atoms with Gasteiger partial charge in [-0.05, 0) is 12.5 Å². The van der Waals surface area contributed by atoms with E-state index in [0.717, 1.165) is 4.90 Å². The zero-order chi connectivity index (χ0) is 14.6. The van der Waals surface area contributed by atoms with Gasteiger partial charge in [0.15, 0.2) is 0 Å². The zero-order valence-electron chi connectivity index (χ0n) is 10.0. The summed E-state index contributed by atoms with van der Waals surface area (Å²) >= 11 is 3.17. The average molecular weight is 337 g/mol. The first-order chi connectivity index (χ1) is 8.90. The minimum absolute atomic E-state index is 0.283. The number of nitro benzene ring substituents is 1. The lowest BCUT2D eigenvalue weighted by atomic mass is 10.1. The van der Waals surface area contributed by atoms with Crippen molar-refractivity contribution in [3.8, 4) is 0 Å². The first-order valence-electron chi connectivity index (χ1n) is 5.34. The highest BCUT2D eigenvalue weighted by Crippen LogP contribution is 2.24. The summed E-state index contributed by atoms with van der Waals surface area (Å²) in [6, 6.07) is 1.41. The van der Waals surface area contributed by atoms with Crippen LogP contribution in [0.1, 0.15) is 16.8 Å². The van der Waals surface area contributed by atoms with Crippen molar-refractivity contribution in [1.82, 2.24) is 4.90 Å². The van der Waals surface area contributed by atoms with Gasteiger partial charge >= 0.3 is 5.69 Å². The van der Waals surface area contributed by atoms with Crippen LogP contribution >= 0.6 is 15.9 Å². The van der Waals surface area contributed by atoms with Crippen molar-refractivity contribution in [3.63, 3.8) is 0 Å². The summed E-state index contributed by atoms with van der Waals surface area (Å²) in [5.74, 6) is -3.47. The van der Waals surface area contributed by atoms with Crippen molar-refractivity contribution >= 4 is 27.5 Å². The predicted octanol–water partition coefficient (Wildman–Crippen LogP) is 2.73. The first kappa shape index (κ1) is 15.5. The van der Waals surface area contributed by atoms with Gasteiger partial charge in [0.25, 0.3) is 5.91 Å². The molecule has 0 aliphatic rings. The molecule has 19 heavy (non-hydrogen) atoms. The van der Waals surface area contributed by atoms with Crippen LogP contribution in [-0.2, 0) is 0 Å². The number of alkyl halides is 1. The molecule has 1 amide bonds. The van der Waals surface area contributed by atoms with Crippen LogP contribution in [0.3, 0.4) is 0 Å². The van der Waals surface area contributed by atoms with Crippen LogP contribution in [0.4, 0.5) is 14.5 Å². The van der Waals surface area contributed by atoms with Gasteiger partial charge in [-0.2, -0.15) is 4.39 Å². The number of carbonyl (C=O) groups is 1. The molecule has 0 unspecified atom stereocenters. The molecule has 1 rings (SSSR count). The van der Waals surface area contributed by atoms with Crippen LogP contribution in [0.25, 0.3) is 0 Å². The van der Waals surface area contributed by atoms with Crippen molar-refractivity contribution in [2.75, 3.05) is 18.9 Å². The number of carbonyl (C=O) groups excluding carboxylic acids is 1. The molecular weight excluding hydrogens is 326 g/mol. The molecule has 0 atom stereocenters.